The van der Waals surface area contributed by atoms with E-state index in [2.05, 4.69) is 21.2 Å². The molecule has 96 valence electrons. The highest BCUT2D eigenvalue weighted by Gasteiger charge is 2.10. The minimum Gasteiger partial charge on any atom is -0.397 e. The maximum Gasteiger partial charge on any atom is 0.139 e. The molecular formula is C12H12BrFN2OS. The molecule has 1 heterocycles. The van der Waals surface area contributed by atoms with E-state index in [9.17, 15) is 9.50 Å². The Morgan fingerprint density at radius 2 is 2.28 bits per heavy atom. The zero-order valence-electron chi connectivity index (χ0n) is 9.36. The number of nitrogens with two attached hydrogens (primary N) is 1. The molecule has 0 fully saturated rings. The largest absolute Gasteiger partial charge is 0.397 e. The minimum absolute atomic E-state index is 0.280. The average molecular weight is 331 g/mol. The van der Waals surface area contributed by atoms with E-state index in [1.165, 1.54) is 23.5 Å². The summed E-state index contributed by atoms with van der Waals surface area (Å²) >= 11 is 4.58. The normalized spacial score (nSPS) is 12.4. The second kappa shape index (κ2) is 5.69. The van der Waals surface area contributed by atoms with Gasteiger partial charge in [0.05, 0.1) is 22.0 Å². The van der Waals surface area contributed by atoms with Gasteiger partial charge in [-0.1, -0.05) is 0 Å². The Bertz CT molecular complexity index is 533. The second-order valence-electron chi connectivity index (χ2n) is 3.81. The fraction of sp³-hybridized carbons (Fsp3) is 0.167. The van der Waals surface area contributed by atoms with E-state index in [4.69, 9.17) is 5.73 Å². The Morgan fingerprint density at radius 1 is 1.50 bits per heavy atom. The van der Waals surface area contributed by atoms with E-state index < -0.39 is 11.9 Å². The van der Waals surface area contributed by atoms with Gasteiger partial charge in [0, 0.05) is 12.6 Å². The first kappa shape index (κ1) is 13.3. The summed E-state index contributed by atoms with van der Waals surface area (Å²) in [5.41, 5.74) is 7.50. The van der Waals surface area contributed by atoms with Crippen molar-refractivity contribution in [2.24, 2.45) is 0 Å². The molecule has 0 amide bonds. The van der Waals surface area contributed by atoms with Crippen LogP contribution in [0.15, 0.2) is 33.4 Å². The topological polar surface area (TPSA) is 58.3 Å². The first-order valence-corrected chi connectivity index (χ1v) is 7.00. The third-order valence-corrected chi connectivity index (χ3v) is 3.82. The Balaban J connectivity index is 2.04. The number of benzene rings is 1. The van der Waals surface area contributed by atoms with Crippen molar-refractivity contribution < 1.29 is 9.50 Å². The first-order chi connectivity index (χ1) is 8.58. The fourth-order valence-corrected chi connectivity index (χ4v) is 2.57. The van der Waals surface area contributed by atoms with Crippen LogP contribution in [0.25, 0.3) is 0 Å². The van der Waals surface area contributed by atoms with Gasteiger partial charge in [0.15, 0.2) is 0 Å². The smallest absolute Gasteiger partial charge is 0.139 e. The molecule has 0 saturated carbocycles. The number of anilines is 2. The van der Waals surface area contributed by atoms with Crippen molar-refractivity contribution in [2.45, 2.75) is 6.10 Å². The van der Waals surface area contributed by atoms with Gasteiger partial charge >= 0.3 is 0 Å². The summed E-state index contributed by atoms with van der Waals surface area (Å²) in [4.78, 5) is 0. The van der Waals surface area contributed by atoms with Crippen molar-refractivity contribution in [1.29, 1.82) is 0 Å². The molecule has 0 aliphatic rings. The molecule has 2 rings (SSSR count). The van der Waals surface area contributed by atoms with E-state index in [1.54, 1.807) is 0 Å². The number of hydrogen-bond donors (Lipinski definition) is 3. The number of aliphatic hydroxyl groups is 1. The quantitative estimate of drug-likeness (QED) is 0.753. The number of nitrogens with one attached hydrogen (secondary N) is 1. The number of hydrogen-bond acceptors (Lipinski definition) is 4. The summed E-state index contributed by atoms with van der Waals surface area (Å²) in [6.45, 7) is 0.280. The van der Waals surface area contributed by atoms with Crippen LogP contribution in [0, 0.1) is 5.82 Å². The van der Waals surface area contributed by atoms with E-state index in [0.717, 1.165) is 5.56 Å². The molecule has 4 N–H and O–H groups in total. The number of nitrogen functional groups attached to an aromatic ring is 1. The molecule has 6 heteroatoms. The molecule has 2 aromatic rings. The molecule has 1 unspecified atom stereocenters. The van der Waals surface area contributed by atoms with E-state index in [1.807, 2.05) is 16.8 Å². The monoisotopic (exact) mass is 330 g/mol. The standard InChI is InChI=1S/C12H12BrFN2OS/c13-8-3-10(15)11(4-9(8)14)16-5-12(17)7-1-2-18-6-7/h1-4,6,12,16-17H,5,15H2. The van der Waals surface area contributed by atoms with Crippen molar-refractivity contribution in [3.05, 3.63) is 44.8 Å². The van der Waals surface area contributed by atoms with Crippen LogP contribution in [0.1, 0.15) is 11.7 Å². The Hall–Kier alpha value is -1.11. The predicted octanol–water partition coefficient (Wildman–Crippen LogP) is 3.38. The molecule has 0 spiro atoms. The van der Waals surface area contributed by atoms with Gasteiger partial charge in [-0.15, -0.1) is 0 Å². The van der Waals surface area contributed by atoms with Crippen LogP contribution >= 0.6 is 27.3 Å². The average Bonchev–Trinajstić information content (AvgIpc) is 2.85. The fourth-order valence-electron chi connectivity index (χ4n) is 1.50. The summed E-state index contributed by atoms with van der Waals surface area (Å²) in [5, 5.41) is 16.6. The molecule has 1 aromatic carbocycles. The van der Waals surface area contributed by atoms with Gasteiger partial charge in [-0.2, -0.15) is 11.3 Å². The molecule has 0 saturated heterocycles. The van der Waals surface area contributed by atoms with Gasteiger partial charge in [-0.05, 0) is 44.4 Å². The van der Waals surface area contributed by atoms with Crippen LogP contribution < -0.4 is 11.1 Å². The molecule has 18 heavy (non-hydrogen) atoms. The van der Waals surface area contributed by atoms with Crippen LogP contribution in [0.5, 0.6) is 0 Å². The first-order valence-electron chi connectivity index (χ1n) is 5.26. The molecule has 0 aliphatic carbocycles. The van der Waals surface area contributed by atoms with Crippen molar-refractivity contribution in [3.8, 4) is 0 Å². The highest BCUT2D eigenvalue weighted by Crippen LogP contribution is 2.27. The third-order valence-electron chi connectivity index (χ3n) is 2.51. The van der Waals surface area contributed by atoms with E-state index in [0.29, 0.717) is 15.8 Å². The predicted molar refractivity (Wildman–Crippen MR) is 76.3 cm³/mol. The SMILES string of the molecule is Nc1cc(Br)c(F)cc1NCC(O)c1ccsc1. The highest BCUT2D eigenvalue weighted by atomic mass is 79.9. The van der Waals surface area contributed by atoms with Crippen molar-refractivity contribution >= 4 is 38.6 Å². The van der Waals surface area contributed by atoms with Crippen molar-refractivity contribution in [1.82, 2.24) is 0 Å². The van der Waals surface area contributed by atoms with Crippen LogP contribution in [-0.2, 0) is 0 Å². The maximum atomic E-state index is 13.4. The number of aliphatic hydroxyl groups excluding tert-OH is 1. The van der Waals surface area contributed by atoms with Crippen LogP contribution in [0.3, 0.4) is 0 Å². The van der Waals surface area contributed by atoms with Crippen LogP contribution in [-0.4, -0.2) is 11.7 Å². The van der Waals surface area contributed by atoms with Crippen LogP contribution in [0.4, 0.5) is 15.8 Å². The van der Waals surface area contributed by atoms with E-state index >= 15 is 0 Å². The van der Waals surface area contributed by atoms with Crippen molar-refractivity contribution in [3.63, 3.8) is 0 Å². The number of rotatable bonds is 4. The summed E-state index contributed by atoms with van der Waals surface area (Å²) in [6.07, 6.45) is -0.637. The lowest BCUT2D eigenvalue weighted by Gasteiger charge is -2.13. The molecule has 1 aromatic heterocycles. The third kappa shape index (κ3) is 3.01. The van der Waals surface area contributed by atoms with Crippen LogP contribution in [0.2, 0.25) is 0 Å². The maximum absolute atomic E-state index is 13.4. The van der Waals surface area contributed by atoms with Gasteiger partial charge in [-0.25, -0.2) is 4.39 Å². The van der Waals surface area contributed by atoms with Gasteiger partial charge in [-0.3, -0.25) is 0 Å². The lowest BCUT2D eigenvalue weighted by molar-refractivity contribution is 0.192. The van der Waals surface area contributed by atoms with Gasteiger partial charge < -0.3 is 16.2 Å². The number of halogens is 2. The molecular weight excluding hydrogens is 319 g/mol. The van der Waals surface area contributed by atoms with Gasteiger partial charge in [0.2, 0.25) is 0 Å². The van der Waals surface area contributed by atoms with Gasteiger partial charge in [0.25, 0.3) is 0 Å². The Labute approximate surface area is 117 Å². The molecule has 0 bridgehead atoms. The van der Waals surface area contributed by atoms with Crippen molar-refractivity contribution in [2.75, 3.05) is 17.6 Å². The lowest BCUT2D eigenvalue weighted by atomic mass is 10.2. The summed E-state index contributed by atoms with van der Waals surface area (Å²) in [5.74, 6) is -0.392. The molecule has 1 atom stereocenters. The summed E-state index contributed by atoms with van der Waals surface area (Å²) < 4.78 is 13.7. The van der Waals surface area contributed by atoms with E-state index in [-0.39, 0.29) is 6.54 Å². The molecule has 3 nitrogen and oxygen atoms in total. The zero-order chi connectivity index (χ0) is 13.1. The minimum atomic E-state index is -0.637. The summed E-state index contributed by atoms with van der Waals surface area (Å²) in [7, 11) is 0. The Kier molecular flexibility index (Phi) is 4.21. The summed E-state index contributed by atoms with van der Waals surface area (Å²) in [6, 6.07) is 4.65. The number of thiophene rings is 1. The Morgan fingerprint density at radius 3 is 2.94 bits per heavy atom. The molecule has 0 radical (unpaired) electrons. The molecule has 0 aliphatic heterocycles. The highest BCUT2D eigenvalue weighted by molar-refractivity contribution is 9.10. The lowest BCUT2D eigenvalue weighted by Crippen LogP contribution is -2.12. The second-order valence-corrected chi connectivity index (χ2v) is 5.44. The van der Waals surface area contributed by atoms with Gasteiger partial charge in [0.1, 0.15) is 5.82 Å². The zero-order valence-corrected chi connectivity index (χ0v) is 11.8.